The van der Waals surface area contributed by atoms with Gasteiger partial charge in [0.15, 0.2) is 0 Å². The summed E-state index contributed by atoms with van der Waals surface area (Å²) < 4.78 is 1.58. The number of hydrogen-bond acceptors (Lipinski definition) is 5. The van der Waals surface area contributed by atoms with E-state index in [1.807, 2.05) is 26.8 Å². The normalized spacial score (nSPS) is 11.4. The zero-order valence-electron chi connectivity index (χ0n) is 21.2. The Bertz CT molecular complexity index is 1310. The lowest BCUT2D eigenvalue weighted by atomic mass is 9.92. The number of halogens is 1. The first-order valence-corrected chi connectivity index (χ1v) is 11.9. The Morgan fingerprint density at radius 2 is 1.83 bits per heavy atom. The maximum atomic E-state index is 13.2. The minimum absolute atomic E-state index is 0.143. The monoisotopic (exact) mass is 511 g/mol. The zero-order valence-corrected chi connectivity index (χ0v) is 22.0. The highest BCUT2D eigenvalue weighted by atomic mass is 35.5. The van der Waals surface area contributed by atoms with Gasteiger partial charge in [-0.2, -0.15) is 5.10 Å². The molecule has 0 aliphatic heterocycles. The molecule has 0 spiro atoms. The molecular weight excluding hydrogens is 482 g/mol. The second-order valence-corrected chi connectivity index (χ2v) is 10.3. The van der Waals surface area contributed by atoms with Gasteiger partial charge in [0.1, 0.15) is 12.4 Å². The molecule has 0 saturated carbocycles. The summed E-state index contributed by atoms with van der Waals surface area (Å²) in [7, 11) is 0. The molecule has 36 heavy (non-hydrogen) atoms. The number of carbonyl (C=O) groups is 2. The van der Waals surface area contributed by atoms with Gasteiger partial charge < -0.3 is 10.2 Å². The number of nitro groups is 1. The van der Waals surface area contributed by atoms with Crippen molar-refractivity contribution in [1.82, 2.24) is 14.7 Å². The highest BCUT2D eigenvalue weighted by Gasteiger charge is 2.26. The van der Waals surface area contributed by atoms with Gasteiger partial charge in [0.2, 0.25) is 5.91 Å². The number of para-hydroxylation sites is 1. The number of nitro benzene ring substituents is 1. The lowest BCUT2D eigenvalue weighted by molar-refractivity contribution is -0.385. The number of nitrogens with one attached hydrogen (secondary N) is 1. The summed E-state index contributed by atoms with van der Waals surface area (Å²) in [6, 6.07) is 12.9. The van der Waals surface area contributed by atoms with Crippen LogP contribution in [0, 0.1) is 17.0 Å². The maximum Gasteiger partial charge on any atom is 0.273 e. The van der Waals surface area contributed by atoms with E-state index in [0.29, 0.717) is 22.1 Å². The van der Waals surface area contributed by atoms with Gasteiger partial charge in [0, 0.05) is 34.7 Å². The quantitative estimate of drug-likeness (QED) is 0.331. The molecule has 0 aliphatic carbocycles. The zero-order chi connectivity index (χ0) is 26.8. The summed E-state index contributed by atoms with van der Waals surface area (Å²) >= 11 is 6.40. The van der Waals surface area contributed by atoms with E-state index >= 15 is 0 Å². The van der Waals surface area contributed by atoms with Crippen LogP contribution in [0.25, 0.3) is 5.69 Å². The molecule has 2 amide bonds. The first-order valence-electron chi connectivity index (χ1n) is 11.5. The third-order valence-corrected chi connectivity index (χ3v) is 6.00. The number of rotatable bonds is 7. The Morgan fingerprint density at radius 1 is 1.17 bits per heavy atom. The van der Waals surface area contributed by atoms with Crippen LogP contribution in [0.4, 0.5) is 11.5 Å². The highest BCUT2D eigenvalue weighted by molar-refractivity contribution is 6.32. The van der Waals surface area contributed by atoms with E-state index in [-0.39, 0.29) is 29.3 Å². The van der Waals surface area contributed by atoms with Crippen LogP contribution in [0.1, 0.15) is 56.2 Å². The molecule has 0 saturated heterocycles. The van der Waals surface area contributed by atoms with Crippen molar-refractivity contribution in [2.75, 3.05) is 11.9 Å². The van der Waals surface area contributed by atoms with Crippen LogP contribution in [0.15, 0.2) is 48.5 Å². The first-order chi connectivity index (χ1) is 16.8. The summed E-state index contributed by atoms with van der Waals surface area (Å²) in [6.07, 6.45) is 0. The summed E-state index contributed by atoms with van der Waals surface area (Å²) in [5.74, 6) is -0.495. The first kappa shape index (κ1) is 26.9. The molecule has 0 aliphatic rings. The van der Waals surface area contributed by atoms with Crippen molar-refractivity contribution in [2.45, 2.75) is 53.0 Å². The fourth-order valence-corrected chi connectivity index (χ4v) is 3.79. The second kappa shape index (κ2) is 10.5. The second-order valence-electron chi connectivity index (χ2n) is 9.86. The average molecular weight is 512 g/mol. The maximum absolute atomic E-state index is 13.2. The van der Waals surface area contributed by atoms with Crippen molar-refractivity contribution >= 4 is 34.9 Å². The van der Waals surface area contributed by atoms with Crippen molar-refractivity contribution in [3.05, 3.63) is 80.5 Å². The standard InChI is InChI=1S/C26H30ClN5O4/c1-16(2)30(25(34)18-12-11-17(3)21(13-18)32(35)36)15-24(33)28-23-14-22(26(4,5)6)29-31(23)20-10-8-7-9-19(20)27/h7-14,16H,15H2,1-6H3,(H,28,33). The number of aryl methyl sites for hydroxylation is 1. The van der Waals surface area contributed by atoms with E-state index in [2.05, 4.69) is 10.4 Å². The molecule has 3 rings (SSSR count). The molecular formula is C26H30ClN5O4. The lowest BCUT2D eigenvalue weighted by Crippen LogP contribution is -2.42. The van der Waals surface area contributed by atoms with E-state index in [1.54, 1.807) is 49.7 Å². The van der Waals surface area contributed by atoms with Crippen LogP contribution >= 0.6 is 11.6 Å². The minimum atomic E-state index is -0.527. The van der Waals surface area contributed by atoms with Crippen molar-refractivity contribution in [3.8, 4) is 5.69 Å². The van der Waals surface area contributed by atoms with Crippen molar-refractivity contribution in [3.63, 3.8) is 0 Å². The van der Waals surface area contributed by atoms with Gasteiger partial charge in [-0.3, -0.25) is 19.7 Å². The Kier molecular flexibility index (Phi) is 7.83. The van der Waals surface area contributed by atoms with Gasteiger partial charge in [-0.25, -0.2) is 4.68 Å². The molecule has 0 bridgehead atoms. The molecule has 0 fully saturated rings. The van der Waals surface area contributed by atoms with E-state index in [1.165, 1.54) is 23.1 Å². The molecule has 1 N–H and O–H groups in total. The van der Waals surface area contributed by atoms with Crippen LogP contribution in [0.3, 0.4) is 0 Å². The van der Waals surface area contributed by atoms with Gasteiger partial charge in [-0.15, -0.1) is 0 Å². The molecule has 0 radical (unpaired) electrons. The highest BCUT2D eigenvalue weighted by Crippen LogP contribution is 2.29. The van der Waals surface area contributed by atoms with Crippen molar-refractivity contribution in [1.29, 1.82) is 0 Å². The fraction of sp³-hybridized carbons (Fsp3) is 0.346. The van der Waals surface area contributed by atoms with Crippen LogP contribution in [0.5, 0.6) is 0 Å². The van der Waals surface area contributed by atoms with Gasteiger partial charge >= 0.3 is 0 Å². The molecule has 0 atom stereocenters. The summed E-state index contributed by atoms with van der Waals surface area (Å²) in [6.45, 7) is 10.9. The Hall–Kier alpha value is -3.72. The average Bonchev–Trinajstić information content (AvgIpc) is 3.21. The number of carbonyl (C=O) groups excluding carboxylic acids is 2. The van der Waals surface area contributed by atoms with E-state index in [9.17, 15) is 19.7 Å². The van der Waals surface area contributed by atoms with E-state index in [0.717, 1.165) is 5.69 Å². The summed E-state index contributed by atoms with van der Waals surface area (Å²) in [4.78, 5) is 38.5. The Balaban J connectivity index is 1.90. The smallest absolute Gasteiger partial charge is 0.273 e. The molecule has 3 aromatic rings. The predicted octanol–water partition coefficient (Wildman–Crippen LogP) is 5.53. The van der Waals surface area contributed by atoms with Gasteiger partial charge in [0.25, 0.3) is 11.6 Å². The van der Waals surface area contributed by atoms with Crippen molar-refractivity contribution in [2.24, 2.45) is 0 Å². The third kappa shape index (κ3) is 5.91. The molecule has 10 heteroatoms. The molecule has 0 unspecified atom stereocenters. The number of amides is 2. The SMILES string of the molecule is Cc1ccc(C(=O)N(CC(=O)Nc2cc(C(C)(C)C)nn2-c2ccccc2Cl)C(C)C)cc1[N+](=O)[O-]. The van der Waals surface area contributed by atoms with Crippen LogP contribution in [0.2, 0.25) is 5.02 Å². The van der Waals surface area contributed by atoms with Crippen LogP contribution < -0.4 is 5.32 Å². The van der Waals surface area contributed by atoms with E-state index in [4.69, 9.17) is 11.6 Å². The number of benzene rings is 2. The Morgan fingerprint density at radius 3 is 2.42 bits per heavy atom. The third-order valence-electron chi connectivity index (χ3n) is 5.68. The fourth-order valence-electron chi connectivity index (χ4n) is 3.57. The minimum Gasteiger partial charge on any atom is -0.327 e. The number of hydrogen-bond donors (Lipinski definition) is 1. The Labute approximate surface area is 215 Å². The van der Waals surface area contributed by atoms with Crippen LogP contribution in [-0.2, 0) is 10.2 Å². The van der Waals surface area contributed by atoms with Gasteiger partial charge in [-0.05, 0) is 39.0 Å². The van der Waals surface area contributed by atoms with Gasteiger partial charge in [-0.1, -0.05) is 50.6 Å². The van der Waals surface area contributed by atoms with Gasteiger partial charge in [0.05, 0.1) is 21.3 Å². The molecule has 1 heterocycles. The molecule has 9 nitrogen and oxygen atoms in total. The number of anilines is 1. The molecule has 2 aromatic carbocycles. The van der Waals surface area contributed by atoms with E-state index < -0.39 is 16.7 Å². The lowest BCUT2D eigenvalue weighted by Gasteiger charge is -2.26. The van der Waals surface area contributed by atoms with Crippen LogP contribution in [-0.4, -0.2) is 44.0 Å². The topological polar surface area (TPSA) is 110 Å². The van der Waals surface area contributed by atoms with Crippen molar-refractivity contribution < 1.29 is 14.5 Å². The largest absolute Gasteiger partial charge is 0.327 e. The predicted molar refractivity (Wildman–Crippen MR) is 140 cm³/mol. The summed E-state index contributed by atoms with van der Waals surface area (Å²) in [5, 5.41) is 19.3. The molecule has 1 aromatic heterocycles. The number of aromatic nitrogens is 2. The summed E-state index contributed by atoms with van der Waals surface area (Å²) in [5.41, 5.74) is 1.52. The molecule has 190 valence electrons. The number of nitrogens with zero attached hydrogens (tertiary/aromatic N) is 4.